The predicted octanol–water partition coefficient (Wildman–Crippen LogP) is 1.95. The Morgan fingerprint density at radius 3 is 2.48 bits per heavy atom. The van der Waals surface area contributed by atoms with Gasteiger partial charge in [0, 0.05) is 18.8 Å². The maximum Gasteiger partial charge on any atom is 0.338 e. The van der Waals surface area contributed by atoms with Crippen LogP contribution in [0, 0.1) is 17.2 Å². The van der Waals surface area contributed by atoms with Gasteiger partial charge in [0.15, 0.2) is 6.61 Å². The van der Waals surface area contributed by atoms with Gasteiger partial charge >= 0.3 is 5.97 Å². The maximum atomic E-state index is 12.1. The van der Waals surface area contributed by atoms with Gasteiger partial charge in [-0.3, -0.25) is 9.59 Å². The number of piperidine rings is 1. The molecule has 0 radical (unpaired) electrons. The van der Waals surface area contributed by atoms with Crippen LogP contribution in [0.25, 0.3) is 0 Å². The molecule has 0 saturated carbocycles. The minimum Gasteiger partial charge on any atom is -0.452 e. The van der Waals surface area contributed by atoms with Gasteiger partial charge in [-0.1, -0.05) is 6.92 Å². The number of rotatable bonds is 5. The monoisotopic (exact) mass is 343 g/mol. The van der Waals surface area contributed by atoms with Crippen LogP contribution in [0.3, 0.4) is 0 Å². The van der Waals surface area contributed by atoms with Crippen molar-refractivity contribution in [3.05, 3.63) is 29.8 Å². The lowest BCUT2D eigenvalue weighted by atomic mass is 9.99. The maximum absolute atomic E-state index is 12.1. The van der Waals surface area contributed by atoms with Gasteiger partial charge < -0.3 is 15.0 Å². The van der Waals surface area contributed by atoms with Crippen molar-refractivity contribution in [3.8, 4) is 6.07 Å². The molecule has 1 aliphatic heterocycles. The summed E-state index contributed by atoms with van der Waals surface area (Å²) in [6.45, 7) is 3.30. The standard InChI is InChI=1S/C18H21N3O4/c1-13-7-10-21(11-8-13)17(23)12-25-18(24)14-2-4-15(5-3-14)20-16(22)6-9-19/h2-5,13H,6-8,10-12H2,1H3,(H,20,22). The molecule has 1 aromatic carbocycles. The SMILES string of the molecule is CC1CCN(C(=O)COC(=O)c2ccc(NC(=O)CC#N)cc2)CC1. The third-order valence-electron chi connectivity index (χ3n) is 4.11. The van der Waals surface area contributed by atoms with Crippen LogP contribution in [0.5, 0.6) is 0 Å². The zero-order valence-corrected chi connectivity index (χ0v) is 14.2. The van der Waals surface area contributed by atoms with Crippen molar-refractivity contribution in [1.29, 1.82) is 5.26 Å². The van der Waals surface area contributed by atoms with Gasteiger partial charge in [-0.2, -0.15) is 5.26 Å². The number of hydrogen-bond donors (Lipinski definition) is 1. The van der Waals surface area contributed by atoms with Crippen molar-refractivity contribution < 1.29 is 19.1 Å². The van der Waals surface area contributed by atoms with E-state index in [4.69, 9.17) is 10.00 Å². The lowest BCUT2D eigenvalue weighted by Crippen LogP contribution is -2.40. The average Bonchev–Trinajstić information content (AvgIpc) is 2.61. The van der Waals surface area contributed by atoms with E-state index in [0.717, 1.165) is 12.8 Å². The lowest BCUT2D eigenvalue weighted by Gasteiger charge is -2.30. The molecule has 0 aliphatic carbocycles. The van der Waals surface area contributed by atoms with Crippen LogP contribution in [0.1, 0.15) is 36.5 Å². The topological polar surface area (TPSA) is 99.5 Å². The molecule has 0 spiro atoms. The smallest absolute Gasteiger partial charge is 0.338 e. The van der Waals surface area contributed by atoms with Gasteiger partial charge in [-0.25, -0.2) is 4.79 Å². The van der Waals surface area contributed by atoms with Gasteiger partial charge in [-0.05, 0) is 43.0 Å². The van der Waals surface area contributed by atoms with Crippen molar-refractivity contribution in [1.82, 2.24) is 4.90 Å². The molecule has 1 fully saturated rings. The molecule has 1 saturated heterocycles. The van der Waals surface area contributed by atoms with E-state index in [2.05, 4.69) is 12.2 Å². The van der Waals surface area contributed by atoms with Gasteiger partial charge in [0.2, 0.25) is 5.91 Å². The van der Waals surface area contributed by atoms with E-state index < -0.39 is 11.9 Å². The Bertz CT molecular complexity index is 671. The Hall–Kier alpha value is -2.88. The fraction of sp³-hybridized carbons (Fsp3) is 0.444. The number of nitrogens with one attached hydrogen (secondary N) is 1. The second-order valence-electron chi connectivity index (χ2n) is 6.10. The molecule has 2 rings (SSSR count). The summed E-state index contributed by atoms with van der Waals surface area (Å²) in [4.78, 5) is 37.1. The van der Waals surface area contributed by atoms with Gasteiger partial charge in [-0.15, -0.1) is 0 Å². The first-order valence-electron chi connectivity index (χ1n) is 8.21. The first-order valence-corrected chi connectivity index (χ1v) is 8.21. The molecule has 7 nitrogen and oxygen atoms in total. The van der Waals surface area contributed by atoms with E-state index in [9.17, 15) is 14.4 Å². The van der Waals surface area contributed by atoms with Gasteiger partial charge in [0.05, 0.1) is 11.6 Å². The fourth-order valence-electron chi connectivity index (χ4n) is 2.53. The number of amides is 2. The third kappa shape index (κ3) is 5.60. The molecule has 1 heterocycles. The summed E-state index contributed by atoms with van der Waals surface area (Å²) in [6, 6.07) is 7.83. The van der Waals surface area contributed by atoms with E-state index in [1.54, 1.807) is 23.1 Å². The molecule has 0 atom stereocenters. The van der Waals surface area contributed by atoms with Crippen molar-refractivity contribution in [3.63, 3.8) is 0 Å². The molecule has 1 aromatic rings. The minimum absolute atomic E-state index is 0.180. The Morgan fingerprint density at radius 2 is 1.88 bits per heavy atom. The van der Waals surface area contributed by atoms with Crippen LogP contribution in [0.15, 0.2) is 24.3 Å². The van der Waals surface area contributed by atoms with Crippen LogP contribution >= 0.6 is 0 Å². The molecular formula is C18H21N3O4. The Labute approximate surface area is 146 Å². The lowest BCUT2D eigenvalue weighted by molar-refractivity contribution is -0.135. The first kappa shape index (κ1) is 18.5. The number of anilines is 1. The Balaban J connectivity index is 1.81. The molecule has 1 N–H and O–H groups in total. The number of ether oxygens (including phenoxy) is 1. The summed E-state index contributed by atoms with van der Waals surface area (Å²) in [5.41, 5.74) is 0.772. The Kier molecular flexibility index (Phi) is 6.52. The number of esters is 1. The van der Waals surface area contributed by atoms with Crippen LogP contribution in [0.2, 0.25) is 0 Å². The zero-order chi connectivity index (χ0) is 18.2. The van der Waals surface area contributed by atoms with Crippen molar-refractivity contribution >= 4 is 23.5 Å². The van der Waals surface area contributed by atoms with Gasteiger partial charge in [0.25, 0.3) is 5.91 Å². The third-order valence-corrected chi connectivity index (χ3v) is 4.11. The van der Waals surface area contributed by atoms with Crippen LogP contribution in [-0.4, -0.2) is 42.4 Å². The molecule has 0 bridgehead atoms. The number of likely N-dealkylation sites (tertiary alicyclic amines) is 1. The summed E-state index contributed by atoms with van der Waals surface area (Å²) < 4.78 is 5.07. The number of hydrogen-bond acceptors (Lipinski definition) is 5. The molecule has 0 unspecified atom stereocenters. The summed E-state index contributed by atoms with van der Waals surface area (Å²) in [6.07, 6.45) is 1.71. The fourth-order valence-corrected chi connectivity index (χ4v) is 2.53. The minimum atomic E-state index is -0.589. The van der Waals surface area contributed by atoms with E-state index >= 15 is 0 Å². The number of nitrogens with zero attached hydrogens (tertiary/aromatic N) is 2. The second-order valence-corrected chi connectivity index (χ2v) is 6.10. The number of nitriles is 1. The summed E-state index contributed by atoms with van der Waals surface area (Å²) in [5.74, 6) is -0.563. The largest absolute Gasteiger partial charge is 0.452 e. The van der Waals surface area contributed by atoms with E-state index in [-0.39, 0.29) is 18.9 Å². The van der Waals surface area contributed by atoms with Crippen molar-refractivity contribution in [2.24, 2.45) is 5.92 Å². The van der Waals surface area contributed by atoms with E-state index in [1.165, 1.54) is 12.1 Å². The highest BCUT2D eigenvalue weighted by Crippen LogP contribution is 2.16. The zero-order valence-electron chi connectivity index (χ0n) is 14.2. The molecule has 7 heteroatoms. The Morgan fingerprint density at radius 1 is 1.24 bits per heavy atom. The van der Waals surface area contributed by atoms with Crippen LogP contribution in [0.4, 0.5) is 5.69 Å². The van der Waals surface area contributed by atoms with E-state index in [0.29, 0.717) is 30.3 Å². The highest BCUT2D eigenvalue weighted by atomic mass is 16.5. The predicted molar refractivity (Wildman–Crippen MR) is 90.6 cm³/mol. The summed E-state index contributed by atoms with van der Waals surface area (Å²) in [7, 11) is 0. The number of carbonyl (C=O) groups is 3. The van der Waals surface area contributed by atoms with Crippen LogP contribution in [-0.2, 0) is 14.3 Å². The van der Waals surface area contributed by atoms with Crippen molar-refractivity contribution in [2.45, 2.75) is 26.2 Å². The highest BCUT2D eigenvalue weighted by Gasteiger charge is 2.21. The highest BCUT2D eigenvalue weighted by molar-refractivity contribution is 5.94. The van der Waals surface area contributed by atoms with Crippen LogP contribution < -0.4 is 5.32 Å². The molecule has 25 heavy (non-hydrogen) atoms. The first-order chi connectivity index (χ1) is 12.0. The van der Waals surface area contributed by atoms with Gasteiger partial charge in [0.1, 0.15) is 6.42 Å². The number of benzene rings is 1. The summed E-state index contributed by atoms with van der Waals surface area (Å²) >= 11 is 0. The normalized spacial score (nSPS) is 14.5. The molecule has 132 valence electrons. The quantitative estimate of drug-likeness (QED) is 0.824. The van der Waals surface area contributed by atoms with E-state index in [1.807, 2.05) is 0 Å². The number of carbonyl (C=O) groups excluding carboxylic acids is 3. The molecular weight excluding hydrogens is 322 g/mol. The summed E-state index contributed by atoms with van der Waals surface area (Å²) in [5, 5.41) is 11.0. The van der Waals surface area contributed by atoms with Crippen molar-refractivity contribution in [2.75, 3.05) is 25.0 Å². The molecule has 2 amide bonds. The average molecular weight is 343 g/mol. The second kappa shape index (κ2) is 8.83. The molecule has 0 aromatic heterocycles. The molecule has 1 aliphatic rings.